The summed E-state index contributed by atoms with van der Waals surface area (Å²) >= 11 is 0. The third kappa shape index (κ3) is 19.5. The maximum atomic E-state index is 13.2. The molecule has 3 N–H and O–H groups in total. The number of alkyl halides is 6. The van der Waals surface area contributed by atoms with Crippen LogP contribution < -0.4 is 138 Å². The number of aryl methyl sites for hydroxylation is 4. The topological polar surface area (TPSA) is 355 Å². The average Bonchev–Trinajstić information content (AvgIpc) is 1.75. The van der Waals surface area contributed by atoms with Crippen molar-refractivity contribution in [2.75, 3.05) is 7.11 Å². The molecule has 4 aromatic heterocycles. The number of benzene rings is 8. The van der Waals surface area contributed by atoms with E-state index in [1.807, 2.05) is 110 Å². The summed E-state index contributed by atoms with van der Waals surface area (Å²) in [6.45, 7) is -0.181. The number of rotatable bonds is 5. The number of para-hydroxylation sites is 4. The second-order valence-corrected chi connectivity index (χ2v) is 34.1. The number of aromatic nitrogens is 16. The van der Waals surface area contributed by atoms with E-state index in [-0.39, 0.29) is 118 Å². The van der Waals surface area contributed by atoms with Gasteiger partial charge in [-0.2, -0.15) is 35.9 Å². The molecule has 0 spiro atoms. The summed E-state index contributed by atoms with van der Waals surface area (Å²) in [6.07, 6.45) is 3.85. The standard InChI is InChI=1S/2C24H20F3N5O2.2C22H21N5O.CH2O3.CH4O2.CH4.2K.H/c1-31-22(28-29-30-31)13-6-9-18-20(12-13)34-19-5-3-2-4-17(19)21(18)14-10-15-7-8-16(11-14)32(15)23(33)24(25,26)27;1-31-29-22(28-30-31)13-6-9-18-20(12-13)34-19-5-3-2-4-17(19)21(18)14-10-15-7-8-16(11-14)32(15)23(33)24(25,26)27;1-27-22(24-25-26-27)13-6-9-18-20(12-13)28-19-5-3-2-4-17(19)21(18)14-10-15-7-8-16(11-14)23-15;1-27-25-22(24-26-27)13-6-9-18-20(12-13)28-19-5-3-2-4-17(19)21(18)14-10-15-7-8-16(11-14)23-15;2-1-4-3;1-3-2;;;;/h2*2-6,9,12,15-16H,7-8,10-11H2,1H3;2*2-6,9,12,15-16,23H,7-8,10-11H2,1H3;1,3H;2H,1H3;1H4;;;/q;;;;;;;2*+1;-1/p-1. The molecule has 8 saturated heterocycles. The Morgan fingerprint density at radius 2 is 0.672 bits per heavy atom. The molecule has 39 heteroatoms. The van der Waals surface area contributed by atoms with E-state index >= 15 is 0 Å². The molecule has 0 aliphatic carbocycles. The molecule has 12 aliphatic heterocycles. The SMILES string of the molecule is C.COO.Cn1nnc(-c2ccc3c(c2)Oc2ccccc2C3=C2CC3CCC(C2)N3)n1.Cn1nnc(-c2ccc3c(c2)Oc2ccccc2C3=C2CC3CCC(C2)N3C(=O)C(F)(F)F)n1.Cn1nnnc1-c1ccc2c(c1)Oc1ccccc1C2=C1CC2CCC(C1)N2.Cn1nnnc1-c1ccc2c(c1)Oc1ccccc1C2=C1CC2CCC(C1)N2C(=O)C(F)(F)F.O=CO[O-].[H-].[K+].[K+]. The molecular formula is C95H92F6K2N20O11. The molecule has 8 unspecified atom stereocenters. The summed E-state index contributed by atoms with van der Waals surface area (Å²) in [6, 6.07) is 56.8. The third-order valence-electron chi connectivity index (χ3n) is 26.0. The third-order valence-corrected chi connectivity index (χ3v) is 26.0. The van der Waals surface area contributed by atoms with Gasteiger partial charge in [0.2, 0.25) is 11.6 Å². The van der Waals surface area contributed by atoms with Crippen molar-refractivity contribution in [3.63, 3.8) is 0 Å². The molecule has 31 nitrogen and oxygen atoms in total. The minimum atomic E-state index is -4.85. The quantitative estimate of drug-likeness (QED) is 0.0474. The number of halogens is 6. The summed E-state index contributed by atoms with van der Waals surface area (Å²) in [5, 5.41) is 71.1. The van der Waals surface area contributed by atoms with E-state index in [0.717, 1.165) is 131 Å². The Kier molecular flexibility index (Phi) is 29.3. The molecule has 12 aliphatic rings. The maximum Gasteiger partial charge on any atom is 1.00 e. The van der Waals surface area contributed by atoms with E-state index in [1.165, 1.54) is 75.8 Å². The Bertz CT molecular complexity index is 6540. The van der Waals surface area contributed by atoms with Gasteiger partial charge in [0.1, 0.15) is 46.0 Å². The van der Waals surface area contributed by atoms with Gasteiger partial charge in [-0.25, -0.2) is 14.3 Å². The second kappa shape index (κ2) is 40.7. The van der Waals surface area contributed by atoms with Crippen molar-refractivity contribution in [1.82, 2.24) is 101 Å². The monoisotopic (exact) mass is 1880 g/mol. The number of nitrogens with one attached hydrogen (secondary N) is 2. The van der Waals surface area contributed by atoms with Crippen LogP contribution in [0.4, 0.5) is 26.3 Å². The van der Waals surface area contributed by atoms with Crippen molar-refractivity contribution in [3.8, 4) is 91.5 Å². The number of fused-ring (bicyclic) bond motifs is 16. The summed E-state index contributed by atoms with van der Waals surface area (Å²) in [5.41, 5.74) is 21.6. The first-order valence-electron chi connectivity index (χ1n) is 43.1. The number of nitrogens with zero attached hydrogens (tertiary/aromatic N) is 18. The number of hydrogen-bond acceptors (Lipinski definition) is 25. The van der Waals surface area contributed by atoms with Crippen molar-refractivity contribution < 1.29 is 184 Å². The predicted molar refractivity (Wildman–Crippen MR) is 468 cm³/mol. The molecule has 8 aromatic carbocycles. The van der Waals surface area contributed by atoms with E-state index in [1.54, 1.807) is 41.7 Å². The van der Waals surface area contributed by atoms with Gasteiger partial charge < -0.3 is 51.0 Å². The zero-order chi connectivity index (χ0) is 90.7. The molecule has 12 aromatic rings. The van der Waals surface area contributed by atoms with Crippen LogP contribution in [0.15, 0.2) is 192 Å². The normalized spacial score (nSPS) is 20.5. The van der Waals surface area contributed by atoms with Gasteiger partial charge in [0, 0.05) is 129 Å². The first-order valence-corrected chi connectivity index (χ1v) is 43.1. The van der Waals surface area contributed by atoms with Crippen molar-refractivity contribution in [2.24, 2.45) is 28.2 Å². The van der Waals surface area contributed by atoms with Crippen LogP contribution in [-0.4, -0.2) is 182 Å². The fourth-order valence-electron chi connectivity index (χ4n) is 20.8. The minimum Gasteiger partial charge on any atom is -1.00 e. The van der Waals surface area contributed by atoms with Crippen LogP contribution in [-0.2, 0) is 52.3 Å². The summed E-state index contributed by atoms with van der Waals surface area (Å²) in [5.74, 6) is 5.21. The van der Waals surface area contributed by atoms with Crippen LogP contribution in [0.3, 0.4) is 0 Å². The first-order chi connectivity index (χ1) is 63.4. The fourth-order valence-corrected chi connectivity index (χ4v) is 20.8. The molecular weight excluding hydrogens is 1790 g/mol. The van der Waals surface area contributed by atoms with E-state index in [9.17, 15) is 35.9 Å². The van der Waals surface area contributed by atoms with Crippen LogP contribution in [0.5, 0.6) is 46.0 Å². The van der Waals surface area contributed by atoms with Gasteiger partial charge in [-0.3, -0.25) is 19.6 Å². The number of carbonyl (C=O) groups is 3. The smallest absolute Gasteiger partial charge is 1.00 e. The van der Waals surface area contributed by atoms with Crippen molar-refractivity contribution in [3.05, 3.63) is 237 Å². The van der Waals surface area contributed by atoms with E-state index in [4.69, 9.17) is 34.3 Å². The number of amides is 2. The Balaban J connectivity index is 0.000000133. The minimum absolute atomic E-state index is 0. The van der Waals surface area contributed by atoms with Gasteiger partial charge in [-0.15, -0.1) is 30.6 Å². The maximum absolute atomic E-state index is 13.2. The Labute approximate surface area is 851 Å². The molecule has 8 atom stereocenters. The number of ether oxygens (including phenoxy) is 4. The Morgan fingerprint density at radius 3 is 0.925 bits per heavy atom. The molecule has 0 radical (unpaired) electrons. The summed E-state index contributed by atoms with van der Waals surface area (Å²) in [4.78, 5) is 43.7. The molecule has 682 valence electrons. The Hall–Kier alpha value is -10.7. The molecule has 16 heterocycles. The van der Waals surface area contributed by atoms with E-state index in [2.05, 4.69) is 149 Å². The van der Waals surface area contributed by atoms with Gasteiger partial charge >= 0.3 is 127 Å². The molecule has 2 amide bonds. The number of carbonyl (C=O) groups excluding carboxylic acids is 3. The largest absolute Gasteiger partial charge is 1.00 e. The van der Waals surface area contributed by atoms with Crippen LogP contribution in [0.1, 0.15) is 156 Å². The van der Waals surface area contributed by atoms with E-state index in [0.29, 0.717) is 116 Å². The molecule has 134 heavy (non-hydrogen) atoms. The van der Waals surface area contributed by atoms with Gasteiger partial charge in [0.05, 0.1) is 21.2 Å². The van der Waals surface area contributed by atoms with Gasteiger partial charge in [-0.05, 0) is 229 Å². The predicted octanol–water partition coefficient (Wildman–Crippen LogP) is 9.70. The van der Waals surface area contributed by atoms with Crippen molar-refractivity contribution >= 4 is 40.6 Å². The van der Waals surface area contributed by atoms with Gasteiger partial charge in [0.15, 0.2) is 11.6 Å². The zero-order valence-electron chi connectivity index (χ0n) is 74.5. The number of tetrazole rings is 4. The molecule has 0 saturated carbocycles. The molecule has 8 fully saturated rings. The van der Waals surface area contributed by atoms with Gasteiger partial charge in [-0.1, -0.05) is 127 Å². The summed E-state index contributed by atoms with van der Waals surface area (Å²) in [7, 11) is 8.25. The fraction of sp³-hybridized carbons (Fsp3) is 0.337. The molecule has 8 bridgehead atoms. The number of piperidine rings is 4. The van der Waals surface area contributed by atoms with Crippen LogP contribution in [0.2, 0.25) is 0 Å². The zero-order valence-corrected chi connectivity index (χ0v) is 79.8. The van der Waals surface area contributed by atoms with Crippen LogP contribution in [0, 0.1) is 0 Å². The van der Waals surface area contributed by atoms with Gasteiger partial charge in [0.25, 0.3) is 6.47 Å². The summed E-state index contributed by atoms with van der Waals surface area (Å²) < 4.78 is 108. The second-order valence-electron chi connectivity index (χ2n) is 34.1. The van der Waals surface area contributed by atoms with E-state index < -0.39 is 48.3 Å². The van der Waals surface area contributed by atoms with Crippen molar-refractivity contribution in [2.45, 2.75) is 171 Å². The van der Waals surface area contributed by atoms with Crippen molar-refractivity contribution in [1.29, 1.82) is 0 Å². The molecule has 24 rings (SSSR count). The van der Waals surface area contributed by atoms with Crippen LogP contribution in [0.25, 0.3) is 67.8 Å². The average molecular weight is 1880 g/mol. The van der Waals surface area contributed by atoms with Crippen LogP contribution >= 0.6 is 0 Å². The Morgan fingerprint density at radius 1 is 0.410 bits per heavy atom. The first kappa shape index (κ1) is 96.4. The number of hydrogen-bond donors (Lipinski definition) is 3.